The van der Waals surface area contributed by atoms with E-state index in [1.807, 2.05) is 0 Å². The summed E-state index contributed by atoms with van der Waals surface area (Å²) in [5.41, 5.74) is -0.526. The molecule has 0 spiro atoms. The van der Waals surface area contributed by atoms with Crippen molar-refractivity contribution >= 4 is 11.6 Å². The van der Waals surface area contributed by atoms with Crippen molar-refractivity contribution in [3.05, 3.63) is 52.1 Å². The van der Waals surface area contributed by atoms with Crippen molar-refractivity contribution in [3.63, 3.8) is 0 Å². The number of ether oxygens (including phenoxy) is 4. The number of phenolic OH excluding ortho intramolecular Hbond substituents is 2. The molecule has 42 heavy (non-hydrogen) atoms. The highest BCUT2D eigenvalue weighted by atomic mass is 16.7. The number of rotatable bonds is 6. The predicted molar refractivity (Wildman–Crippen MR) is 135 cm³/mol. The second-order valence-electron chi connectivity index (χ2n) is 10.4. The van der Waals surface area contributed by atoms with Crippen molar-refractivity contribution in [2.75, 3.05) is 13.2 Å². The zero-order chi connectivity index (χ0) is 30.6. The van der Waals surface area contributed by atoms with Crippen LogP contribution in [0.25, 0.3) is 0 Å². The molecule has 2 saturated heterocycles. The monoisotopic (exact) mass is 594 g/mol. The van der Waals surface area contributed by atoms with Gasteiger partial charge in [-0.3, -0.25) is 9.59 Å². The van der Waals surface area contributed by atoms with Crippen LogP contribution in [0.2, 0.25) is 0 Å². The lowest BCUT2D eigenvalue weighted by atomic mass is 9.82. The van der Waals surface area contributed by atoms with Gasteiger partial charge in [0.1, 0.15) is 66.1 Å². The molecule has 2 fully saturated rings. The summed E-state index contributed by atoms with van der Waals surface area (Å²) < 4.78 is 22.1. The second kappa shape index (κ2) is 11.5. The number of aryl methyl sites for hydroxylation is 1. The minimum atomic E-state index is -1.87. The molecule has 15 nitrogen and oxygen atoms in total. The fourth-order valence-corrected chi connectivity index (χ4v) is 5.23. The predicted octanol–water partition coefficient (Wildman–Crippen LogP) is -2.82. The normalized spacial score (nSPS) is 34.6. The van der Waals surface area contributed by atoms with Gasteiger partial charge in [0.25, 0.3) is 0 Å². The Morgan fingerprint density at radius 2 is 1.31 bits per heavy atom. The number of ketones is 2. The van der Waals surface area contributed by atoms with E-state index in [4.69, 9.17) is 18.9 Å². The summed E-state index contributed by atoms with van der Waals surface area (Å²) in [4.78, 5) is 26.7. The van der Waals surface area contributed by atoms with E-state index in [1.54, 1.807) is 6.92 Å². The molecular weight excluding hydrogens is 564 g/mol. The van der Waals surface area contributed by atoms with Gasteiger partial charge in [0.2, 0.25) is 12.1 Å². The number of aromatic hydroxyl groups is 2. The SMILES string of the molecule is Cc1cc(OC2OC(COC3OC(CO)C(O)C(O)C3O)C(O)C(O)C2O)c2c(c1)C(=O)c1cc(O)cc(O)c1C2=O. The molecule has 10 unspecified atom stereocenters. The molecule has 0 saturated carbocycles. The molecule has 2 aromatic carbocycles. The van der Waals surface area contributed by atoms with Gasteiger partial charge >= 0.3 is 0 Å². The molecule has 9 N–H and O–H groups in total. The first-order chi connectivity index (χ1) is 19.8. The minimum absolute atomic E-state index is 0.110. The summed E-state index contributed by atoms with van der Waals surface area (Å²) in [5.74, 6) is -2.82. The molecular formula is C27H30O15. The van der Waals surface area contributed by atoms with E-state index >= 15 is 0 Å². The van der Waals surface area contributed by atoms with Crippen molar-refractivity contribution in [1.82, 2.24) is 0 Å². The van der Waals surface area contributed by atoms with E-state index in [9.17, 15) is 55.5 Å². The summed E-state index contributed by atoms with van der Waals surface area (Å²) in [5, 5.41) is 91.2. The van der Waals surface area contributed by atoms with Crippen molar-refractivity contribution < 1.29 is 74.5 Å². The van der Waals surface area contributed by atoms with Gasteiger partial charge in [-0.2, -0.15) is 0 Å². The Labute approximate surface area is 237 Å². The van der Waals surface area contributed by atoms with Crippen LogP contribution in [0.4, 0.5) is 0 Å². The number of hydrogen-bond donors (Lipinski definition) is 9. The smallest absolute Gasteiger partial charge is 0.229 e. The standard InChI is InChI=1S/C27H30O15/c1-8-2-10-17(21(34)16-11(18(10)31)4-9(29)5-12(16)30)13(3-8)40-27-25(38)23(36)20(33)15(42-27)7-39-26-24(37)22(35)19(32)14(6-28)41-26/h2-5,14-15,19-20,22-30,32-33,35-38H,6-7H2,1H3. The molecule has 228 valence electrons. The number of hydrogen-bond acceptors (Lipinski definition) is 15. The first kappa shape index (κ1) is 30.2. The number of aliphatic hydroxyl groups is 7. The lowest BCUT2D eigenvalue weighted by Gasteiger charge is -2.42. The Morgan fingerprint density at radius 3 is 1.98 bits per heavy atom. The van der Waals surface area contributed by atoms with Crippen LogP contribution in [-0.2, 0) is 14.2 Å². The molecule has 2 aliphatic heterocycles. The number of carbonyl (C=O) groups is 2. The van der Waals surface area contributed by atoms with Crippen LogP contribution in [0.1, 0.15) is 37.4 Å². The first-order valence-corrected chi connectivity index (χ1v) is 12.9. The van der Waals surface area contributed by atoms with Gasteiger partial charge in [0.05, 0.1) is 24.3 Å². The highest BCUT2D eigenvalue weighted by Crippen LogP contribution is 2.40. The topological polar surface area (TPSA) is 253 Å². The third-order valence-corrected chi connectivity index (χ3v) is 7.48. The average molecular weight is 595 g/mol. The van der Waals surface area contributed by atoms with E-state index in [0.717, 1.165) is 12.1 Å². The van der Waals surface area contributed by atoms with Crippen molar-refractivity contribution in [2.24, 2.45) is 0 Å². The van der Waals surface area contributed by atoms with Crippen molar-refractivity contribution in [1.29, 1.82) is 0 Å². The summed E-state index contributed by atoms with van der Waals surface area (Å²) in [6, 6.07) is 4.71. The Balaban J connectivity index is 1.39. The van der Waals surface area contributed by atoms with E-state index in [0.29, 0.717) is 5.56 Å². The van der Waals surface area contributed by atoms with Crippen LogP contribution < -0.4 is 4.74 Å². The third kappa shape index (κ3) is 5.13. The molecule has 5 rings (SSSR count). The molecule has 10 atom stereocenters. The number of fused-ring (bicyclic) bond motifs is 2. The molecule has 2 heterocycles. The largest absolute Gasteiger partial charge is 0.508 e. The lowest BCUT2D eigenvalue weighted by Crippen LogP contribution is -2.62. The summed E-state index contributed by atoms with van der Waals surface area (Å²) in [6.45, 7) is 0.273. The van der Waals surface area contributed by atoms with Crippen LogP contribution in [0.3, 0.4) is 0 Å². The fourth-order valence-electron chi connectivity index (χ4n) is 5.23. The number of benzene rings is 2. The molecule has 15 heteroatoms. The van der Waals surface area contributed by atoms with Crippen LogP contribution in [0.5, 0.6) is 17.2 Å². The molecule has 2 aromatic rings. The number of carbonyl (C=O) groups excluding carboxylic acids is 2. The van der Waals surface area contributed by atoms with Gasteiger partial charge in [-0.1, -0.05) is 0 Å². The highest BCUT2D eigenvalue weighted by molar-refractivity contribution is 6.30. The Morgan fingerprint density at radius 1 is 0.714 bits per heavy atom. The molecule has 3 aliphatic rings. The maximum absolute atomic E-state index is 13.5. The van der Waals surface area contributed by atoms with E-state index < -0.39 is 97.7 Å². The van der Waals surface area contributed by atoms with Gasteiger partial charge in [-0.05, 0) is 30.7 Å². The quantitative estimate of drug-likeness (QED) is 0.140. The van der Waals surface area contributed by atoms with Crippen molar-refractivity contribution in [3.8, 4) is 17.2 Å². The van der Waals surface area contributed by atoms with E-state index in [1.165, 1.54) is 12.1 Å². The highest BCUT2D eigenvalue weighted by Gasteiger charge is 2.48. The summed E-state index contributed by atoms with van der Waals surface area (Å²) in [7, 11) is 0. The van der Waals surface area contributed by atoms with Crippen LogP contribution in [0, 0.1) is 6.92 Å². The van der Waals surface area contributed by atoms with E-state index in [2.05, 4.69) is 0 Å². The van der Waals surface area contributed by atoms with Crippen molar-refractivity contribution in [2.45, 2.75) is 68.3 Å². The second-order valence-corrected chi connectivity index (χ2v) is 10.4. The summed E-state index contributed by atoms with van der Waals surface area (Å²) in [6.07, 6.45) is -16.6. The Hall–Kier alpha value is -3.22. The Kier molecular flexibility index (Phi) is 8.25. The molecule has 0 bridgehead atoms. The molecule has 0 amide bonds. The van der Waals surface area contributed by atoms with Crippen LogP contribution in [0.15, 0.2) is 24.3 Å². The molecule has 0 radical (unpaired) electrons. The number of aliphatic hydroxyl groups excluding tert-OH is 7. The maximum Gasteiger partial charge on any atom is 0.229 e. The summed E-state index contributed by atoms with van der Waals surface area (Å²) >= 11 is 0. The van der Waals surface area contributed by atoms with Gasteiger partial charge in [0, 0.05) is 17.2 Å². The van der Waals surface area contributed by atoms with Gasteiger partial charge in [-0.25, -0.2) is 0 Å². The average Bonchev–Trinajstić information content (AvgIpc) is 2.94. The zero-order valence-corrected chi connectivity index (χ0v) is 22.0. The van der Waals surface area contributed by atoms with Crippen LogP contribution in [-0.4, -0.2) is 132 Å². The fraction of sp³-hybridized carbons (Fsp3) is 0.481. The Bertz CT molecular complexity index is 1380. The van der Waals surface area contributed by atoms with Crippen LogP contribution >= 0.6 is 0 Å². The minimum Gasteiger partial charge on any atom is -0.508 e. The molecule has 1 aliphatic carbocycles. The lowest BCUT2D eigenvalue weighted by molar-refractivity contribution is -0.323. The zero-order valence-electron chi connectivity index (χ0n) is 22.0. The third-order valence-electron chi connectivity index (χ3n) is 7.48. The van der Waals surface area contributed by atoms with Gasteiger partial charge in [-0.15, -0.1) is 0 Å². The van der Waals surface area contributed by atoms with Gasteiger partial charge in [0.15, 0.2) is 12.1 Å². The van der Waals surface area contributed by atoms with Gasteiger partial charge < -0.3 is 64.9 Å². The number of phenols is 2. The maximum atomic E-state index is 13.5. The molecule has 0 aromatic heterocycles. The first-order valence-electron chi connectivity index (χ1n) is 12.9. The van der Waals surface area contributed by atoms with E-state index in [-0.39, 0.29) is 28.0 Å².